The monoisotopic (exact) mass is 216 g/mol. The topological polar surface area (TPSA) is 28.7 Å². The maximum Gasteiger partial charge on any atom is 0.169 e. The lowest BCUT2D eigenvalue weighted by molar-refractivity contribution is 0.458. The Hall–Kier alpha value is -1.85. The third kappa shape index (κ3) is 1.47. The molecule has 2 rings (SSSR count). The fraction of sp³-hybridized carbons (Fsp3) is 0. The van der Waals surface area contributed by atoms with E-state index in [0.29, 0.717) is 0 Å². The average Bonchev–Trinajstić information content (AvgIpc) is 2.69. The van der Waals surface area contributed by atoms with E-state index in [1.807, 2.05) is 0 Å². The standard InChI is InChI=1S/C9H4F4N2/c10-5-1-6(11)9(13)7(8(5)12)4-2-14-15-3-4/h1-3H,(H,14,15). The summed E-state index contributed by atoms with van der Waals surface area (Å²) in [5, 5.41) is 5.73. The highest BCUT2D eigenvalue weighted by molar-refractivity contribution is 5.63. The fourth-order valence-electron chi connectivity index (χ4n) is 1.21. The zero-order valence-electron chi connectivity index (χ0n) is 7.19. The Morgan fingerprint density at radius 2 is 1.60 bits per heavy atom. The molecular weight excluding hydrogens is 212 g/mol. The van der Waals surface area contributed by atoms with Crippen LogP contribution in [0.3, 0.4) is 0 Å². The molecule has 0 fully saturated rings. The van der Waals surface area contributed by atoms with E-state index in [4.69, 9.17) is 0 Å². The Kier molecular flexibility index (Phi) is 2.18. The van der Waals surface area contributed by atoms with Gasteiger partial charge in [-0.05, 0) is 0 Å². The molecule has 0 aliphatic rings. The van der Waals surface area contributed by atoms with Gasteiger partial charge >= 0.3 is 0 Å². The zero-order chi connectivity index (χ0) is 11.0. The summed E-state index contributed by atoms with van der Waals surface area (Å²) in [5.41, 5.74) is -0.815. The molecule has 0 saturated heterocycles. The minimum absolute atomic E-state index is 0.0524. The van der Waals surface area contributed by atoms with Crippen LogP contribution in [0.2, 0.25) is 0 Å². The van der Waals surface area contributed by atoms with Crippen LogP contribution in [0.15, 0.2) is 18.5 Å². The molecule has 1 heterocycles. The lowest BCUT2D eigenvalue weighted by atomic mass is 10.1. The Balaban J connectivity index is 2.75. The van der Waals surface area contributed by atoms with Gasteiger partial charge < -0.3 is 0 Å². The Morgan fingerprint density at radius 1 is 1.00 bits per heavy atom. The predicted molar refractivity (Wildman–Crippen MR) is 43.9 cm³/mol. The summed E-state index contributed by atoms with van der Waals surface area (Å²) < 4.78 is 52.0. The highest BCUT2D eigenvalue weighted by atomic mass is 19.2. The molecule has 0 unspecified atom stereocenters. The minimum Gasteiger partial charge on any atom is -0.285 e. The Bertz CT molecular complexity index is 467. The van der Waals surface area contributed by atoms with Crippen LogP contribution in [0.1, 0.15) is 0 Å². The molecule has 78 valence electrons. The number of halogens is 4. The average molecular weight is 216 g/mol. The van der Waals surface area contributed by atoms with Gasteiger partial charge in [0.1, 0.15) is 0 Å². The van der Waals surface area contributed by atoms with E-state index < -0.39 is 28.8 Å². The lowest BCUT2D eigenvalue weighted by Gasteiger charge is -2.03. The van der Waals surface area contributed by atoms with Crippen molar-refractivity contribution in [2.75, 3.05) is 0 Å². The van der Waals surface area contributed by atoms with E-state index in [0.717, 1.165) is 12.4 Å². The molecule has 6 heteroatoms. The van der Waals surface area contributed by atoms with Crippen molar-refractivity contribution in [1.82, 2.24) is 10.2 Å². The molecule has 0 aliphatic heterocycles. The van der Waals surface area contributed by atoms with Gasteiger partial charge in [0.25, 0.3) is 0 Å². The quantitative estimate of drug-likeness (QED) is 0.576. The third-order valence-corrected chi connectivity index (χ3v) is 1.90. The van der Waals surface area contributed by atoms with Crippen molar-refractivity contribution in [3.8, 4) is 11.1 Å². The van der Waals surface area contributed by atoms with E-state index >= 15 is 0 Å². The summed E-state index contributed by atoms with van der Waals surface area (Å²) in [5.74, 6) is -5.75. The van der Waals surface area contributed by atoms with E-state index in [2.05, 4.69) is 10.2 Å². The second kappa shape index (κ2) is 3.38. The van der Waals surface area contributed by atoms with Gasteiger partial charge in [-0.15, -0.1) is 0 Å². The molecule has 0 spiro atoms. The van der Waals surface area contributed by atoms with Gasteiger partial charge in [0, 0.05) is 17.8 Å². The third-order valence-electron chi connectivity index (χ3n) is 1.90. The smallest absolute Gasteiger partial charge is 0.169 e. The molecule has 0 saturated carbocycles. The lowest BCUT2D eigenvalue weighted by Crippen LogP contribution is -1.97. The van der Waals surface area contributed by atoms with Gasteiger partial charge in [0.15, 0.2) is 23.3 Å². The molecule has 0 aliphatic carbocycles. The number of benzene rings is 1. The van der Waals surface area contributed by atoms with Crippen LogP contribution < -0.4 is 0 Å². The van der Waals surface area contributed by atoms with Crippen LogP contribution in [0.5, 0.6) is 0 Å². The molecule has 15 heavy (non-hydrogen) atoms. The Labute approximate surface area is 81.5 Å². The van der Waals surface area contributed by atoms with Gasteiger partial charge in [-0.2, -0.15) is 5.10 Å². The van der Waals surface area contributed by atoms with Crippen molar-refractivity contribution in [1.29, 1.82) is 0 Å². The Morgan fingerprint density at radius 3 is 2.07 bits per heavy atom. The first kappa shape index (κ1) is 9.70. The molecule has 2 aromatic rings. The van der Waals surface area contributed by atoms with E-state index in [-0.39, 0.29) is 11.6 Å². The number of hydrogen-bond acceptors (Lipinski definition) is 1. The maximum atomic E-state index is 13.2. The van der Waals surface area contributed by atoms with Crippen LogP contribution in [-0.4, -0.2) is 10.2 Å². The van der Waals surface area contributed by atoms with Gasteiger partial charge in [-0.1, -0.05) is 0 Å². The van der Waals surface area contributed by atoms with Gasteiger partial charge in [0.05, 0.1) is 11.8 Å². The van der Waals surface area contributed by atoms with Crippen molar-refractivity contribution in [3.05, 3.63) is 41.7 Å². The highest BCUT2D eigenvalue weighted by Gasteiger charge is 2.20. The van der Waals surface area contributed by atoms with Gasteiger partial charge in [-0.25, -0.2) is 17.6 Å². The normalized spacial score (nSPS) is 10.7. The summed E-state index contributed by atoms with van der Waals surface area (Å²) in [6, 6.07) is 0.161. The predicted octanol–water partition coefficient (Wildman–Crippen LogP) is 2.63. The number of H-pyrrole nitrogens is 1. The van der Waals surface area contributed by atoms with E-state index in [9.17, 15) is 17.6 Å². The first-order valence-electron chi connectivity index (χ1n) is 3.93. The molecule has 0 atom stereocenters. The van der Waals surface area contributed by atoms with E-state index in [1.165, 1.54) is 0 Å². The number of nitrogens with one attached hydrogen (secondary N) is 1. The fourth-order valence-corrected chi connectivity index (χ4v) is 1.21. The summed E-state index contributed by atoms with van der Waals surface area (Å²) in [4.78, 5) is 0. The van der Waals surface area contributed by atoms with Crippen LogP contribution in [0.25, 0.3) is 11.1 Å². The molecule has 0 radical (unpaired) electrons. The largest absolute Gasteiger partial charge is 0.285 e. The summed E-state index contributed by atoms with van der Waals surface area (Å²) >= 11 is 0. The maximum absolute atomic E-state index is 13.2. The second-order valence-electron chi connectivity index (χ2n) is 2.83. The summed E-state index contributed by atoms with van der Waals surface area (Å²) in [7, 11) is 0. The van der Waals surface area contributed by atoms with Crippen molar-refractivity contribution >= 4 is 0 Å². The van der Waals surface area contributed by atoms with Crippen molar-refractivity contribution < 1.29 is 17.6 Å². The molecule has 1 aromatic heterocycles. The van der Waals surface area contributed by atoms with Crippen molar-refractivity contribution in [2.45, 2.75) is 0 Å². The molecule has 2 nitrogen and oxygen atoms in total. The number of hydrogen-bond donors (Lipinski definition) is 1. The highest BCUT2D eigenvalue weighted by Crippen LogP contribution is 2.28. The molecule has 1 aromatic carbocycles. The summed E-state index contributed by atoms with van der Waals surface area (Å²) in [6.45, 7) is 0. The van der Waals surface area contributed by atoms with Crippen LogP contribution in [-0.2, 0) is 0 Å². The molecular formula is C9H4F4N2. The first-order chi connectivity index (χ1) is 7.11. The minimum atomic E-state index is -1.44. The first-order valence-corrected chi connectivity index (χ1v) is 3.93. The summed E-state index contributed by atoms with van der Waals surface area (Å²) in [6.07, 6.45) is 2.21. The van der Waals surface area contributed by atoms with Crippen LogP contribution >= 0.6 is 0 Å². The van der Waals surface area contributed by atoms with Crippen LogP contribution in [0, 0.1) is 23.3 Å². The molecule has 0 bridgehead atoms. The zero-order valence-corrected chi connectivity index (χ0v) is 7.19. The molecule has 1 N–H and O–H groups in total. The second-order valence-corrected chi connectivity index (χ2v) is 2.83. The van der Waals surface area contributed by atoms with Crippen LogP contribution in [0.4, 0.5) is 17.6 Å². The number of aromatic nitrogens is 2. The van der Waals surface area contributed by atoms with E-state index in [1.54, 1.807) is 0 Å². The van der Waals surface area contributed by atoms with Gasteiger partial charge in [0.2, 0.25) is 0 Å². The van der Waals surface area contributed by atoms with Gasteiger partial charge in [-0.3, -0.25) is 5.10 Å². The number of nitrogens with zero attached hydrogens (tertiary/aromatic N) is 1. The van der Waals surface area contributed by atoms with Crippen molar-refractivity contribution in [2.24, 2.45) is 0 Å². The SMILES string of the molecule is Fc1cc(F)c(F)c(-c2cn[nH]c2)c1F. The van der Waals surface area contributed by atoms with Crippen molar-refractivity contribution in [3.63, 3.8) is 0 Å². The number of rotatable bonds is 1. The number of aromatic amines is 1. The molecule has 0 amide bonds.